The molecule has 0 heterocycles. The first kappa shape index (κ1) is 16.5. The zero-order chi connectivity index (χ0) is 15.2. The van der Waals surface area contributed by atoms with Crippen LogP contribution in [0.15, 0.2) is 0 Å². The van der Waals surface area contributed by atoms with E-state index in [2.05, 4.69) is 0 Å². The van der Waals surface area contributed by atoms with E-state index in [-0.39, 0.29) is 6.42 Å². The number of rotatable bonds is 5. The Balaban J connectivity index is 6.47. The second kappa shape index (κ2) is 3.72. The van der Waals surface area contributed by atoms with Crippen molar-refractivity contribution in [2.75, 3.05) is 0 Å². The van der Waals surface area contributed by atoms with Crippen LogP contribution in [0.3, 0.4) is 0 Å². The Labute approximate surface area is 109 Å². The zero-order valence-corrected chi connectivity index (χ0v) is 11.7. The van der Waals surface area contributed by atoms with Crippen molar-refractivity contribution >= 4 is 0 Å². The molecule has 0 aliphatic heterocycles. The molecular formula is C12H13FeN6. The molecule has 0 bridgehead atoms. The van der Waals surface area contributed by atoms with E-state index in [0.29, 0.717) is 6.42 Å². The molecule has 0 aliphatic carbocycles. The van der Waals surface area contributed by atoms with E-state index in [1.165, 1.54) is 29.8 Å². The van der Waals surface area contributed by atoms with Gasteiger partial charge in [-0.2, -0.15) is 0 Å². The standard InChI is InChI=1S/C6H13.6CN.Fe/c1-3-5-6-4-2;6*1-2;/h1,3-6H2,2H3;;;;;;;. The van der Waals surface area contributed by atoms with Crippen molar-refractivity contribution < 1.29 is 9.68 Å². The molecule has 0 N–H and O–H groups in total. The Kier molecular flexibility index (Phi) is 3.23. The van der Waals surface area contributed by atoms with E-state index < -0.39 is 15.0 Å². The number of hydrogen-bond acceptors (Lipinski definition) is 6. The Morgan fingerprint density at radius 1 is 0.632 bits per heavy atom. The summed E-state index contributed by atoms with van der Waals surface area (Å²) in [6.07, 6.45) is 2.32. The topological polar surface area (TPSA) is 143 Å². The van der Waals surface area contributed by atoms with Gasteiger partial charge in [0.2, 0.25) is 0 Å². The van der Waals surface area contributed by atoms with Gasteiger partial charge in [0, 0.05) is 0 Å². The first-order chi connectivity index (χ1) is 8.82. The molecule has 0 saturated carbocycles. The summed E-state index contributed by atoms with van der Waals surface area (Å²) < 4.78 is 0. The molecule has 0 aromatic rings. The summed E-state index contributed by atoms with van der Waals surface area (Å²) in [6, 6.07) is 0. The number of nitrogens with zero attached hydrogens (tertiary/aromatic N) is 6. The maximum atomic E-state index is 9.39. The molecule has 0 saturated heterocycles. The zero-order valence-electron chi connectivity index (χ0n) is 10.6. The van der Waals surface area contributed by atoms with Crippen molar-refractivity contribution in [3.63, 3.8) is 0 Å². The van der Waals surface area contributed by atoms with Crippen molar-refractivity contribution in [2.24, 2.45) is 0 Å². The molecular weight excluding hydrogens is 284 g/mol. The Bertz CT molecular complexity index is 536. The maximum absolute atomic E-state index is 9.39. The molecule has 0 spiro atoms. The fourth-order valence-corrected chi connectivity index (χ4v) is 4.41. The van der Waals surface area contributed by atoms with Gasteiger partial charge < -0.3 is 0 Å². The van der Waals surface area contributed by atoms with Gasteiger partial charge in [0.05, 0.1) is 0 Å². The fraction of sp³-hybridized carbons (Fsp3) is 0.500. The second-order valence-electron chi connectivity index (χ2n) is 4.29. The predicted molar refractivity (Wildman–Crippen MR) is 62.6 cm³/mol. The van der Waals surface area contributed by atoms with E-state index in [1.807, 2.05) is 6.92 Å². The van der Waals surface area contributed by atoms with Crippen LogP contribution >= 0.6 is 0 Å². The summed E-state index contributed by atoms with van der Waals surface area (Å²) in [5.74, 6) is 0. The number of hydrogen-bond donors (Lipinski definition) is 0. The van der Waals surface area contributed by atoms with Gasteiger partial charge in [-0.15, -0.1) is 0 Å². The normalized spacial score (nSPS) is 15.2. The van der Waals surface area contributed by atoms with E-state index in [9.17, 15) is 31.6 Å². The van der Waals surface area contributed by atoms with Crippen molar-refractivity contribution in [3.8, 4) is 29.8 Å². The molecule has 0 rings (SSSR count). The second-order valence-corrected chi connectivity index (χ2v) is 12.8. The van der Waals surface area contributed by atoms with Gasteiger partial charge in [-0.1, -0.05) is 0 Å². The van der Waals surface area contributed by atoms with Gasteiger partial charge in [0.15, 0.2) is 0 Å². The number of nitriles is 6. The van der Waals surface area contributed by atoms with Gasteiger partial charge >= 0.3 is 109 Å². The first-order valence-corrected chi connectivity index (χ1v) is 9.45. The summed E-state index contributed by atoms with van der Waals surface area (Å²) in [4.78, 5) is 7.91. The minimum absolute atomic E-state index is 0.144. The molecule has 0 radical (unpaired) electrons. The Morgan fingerprint density at radius 3 is 1.26 bits per heavy atom. The van der Waals surface area contributed by atoms with Crippen LogP contribution in [-0.2, 0) is 9.68 Å². The summed E-state index contributed by atoms with van der Waals surface area (Å²) in [6.45, 7) is 1.93. The third kappa shape index (κ3) is 1.48. The third-order valence-electron chi connectivity index (χ3n) is 3.03. The van der Waals surface area contributed by atoms with Crippen LogP contribution in [0.2, 0.25) is 5.32 Å². The minimum atomic E-state index is -6.95. The van der Waals surface area contributed by atoms with Crippen LogP contribution < -0.4 is 0 Å². The SMILES string of the molecule is CCCCC[CH2][Fe]([C]#N)([C]#N)([C]#N)([C]#N)([C]#N)[C]#N. The molecule has 0 unspecified atom stereocenters. The van der Waals surface area contributed by atoms with Crippen LogP contribution in [0.1, 0.15) is 32.6 Å². The Morgan fingerprint density at radius 2 is 1.00 bits per heavy atom. The summed E-state index contributed by atoms with van der Waals surface area (Å²) in [5.41, 5.74) is 0. The predicted octanol–water partition coefficient (Wildman–Crippen LogP) is 2.63. The first-order valence-electron chi connectivity index (χ1n) is 5.36. The van der Waals surface area contributed by atoms with Crippen LogP contribution in [0, 0.1) is 61.4 Å². The van der Waals surface area contributed by atoms with Crippen LogP contribution in [0.4, 0.5) is 0 Å². The van der Waals surface area contributed by atoms with E-state index in [1.54, 1.807) is 0 Å². The number of unbranched alkanes of at least 4 members (excludes halogenated alkanes) is 3. The molecule has 99 valence electrons. The van der Waals surface area contributed by atoms with Gasteiger partial charge in [-0.05, 0) is 0 Å². The van der Waals surface area contributed by atoms with Crippen LogP contribution in [0.5, 0.6) is 0 Å². The molecule has 0 amide bonds. The molecule has 0 aromatic carbocycles. The van der Waals surface area contributed by atoms with Crippen molar-refractivity contribution in [3.05, 3.63) is 0 Å². The van der Waals surface area contributed by atoms with Gasteiger partial charge in [-0.25, -0.2) is 0 Å². The quantitative estimate of drug-likeness (QED) is 0.563. The van der Waals surface area contributed by atoms with E-state index >= 15 is 0 Å². The van der Waals surface area contributed by atoms with Gasteiger partial charge in [0.1, 0.15) is 0 Å². The van der Waals surface area contributed by atoms with Gasteiger partial charge in [-0.3, -0.25) is 0 Å². The van der Waals surface area contributed by atoms with Crippen molar-refractivity contribution in [1.82, 2.24) is 0 Å². The molecule has 0 fully saturated rings. The summed E-state index contributed by atoms with van der Waals surface area (Å²) >= 11 is 0. The van der Waals surface area contributed by atoms with E-state index in [0.717, 1.165) is 12.8 Å². The molecule has 7 heteroatoms. The molecule has 0 aliphatic rings. The average Bonchev–Trinajstić information content (AvgIpc) is 2.52. The van der Waals surface area contributed by atoms with Crippen LogP contribution in [0.25, 0.3) is 0 Å². The van der Waals surface area contributed by atoms with E-state index in [4.69, 9.17) is 0 Å². The molecule has 0 aromatic heterocycles. The fourth-order valence-electron chi connectivity index (χ4n) is 1.39. The Hall–Kier alpha value is -2.54. The molecule has 6 nitrogen and oxygen atoms in total. The summed E-state index contributed by atoms with van der Waals surface area (Å²) in [5, 5.41) is 55.7. The van der Waals surface area contributed by atoms with Crippen LogP contribution in [-0.4, -0.2) is 0 Å². The molecule has 0 atom stereocenters. The molecule has 19 heavy (non-hydrogen) atoms. The average molecular weight is 297 g/mol. The summed E-state index contributed by atoms with van der Waals surface area (Å²) in [7, 11) is -6.95. The van der Waals surface area contributed by atoms with Crippen molar-refractivity contribution in [1.29, 1.82) is 31.6 Å². The third-order valence-corrected chi connectivity index (χ3v) is 9.83. The van der Waals surface area contributed by atoms with Crippen molar-refractivity contribution in [2.45, 2.75) is 37.9 Å². The monoisotopic (exact) mass is 297 g/mol. The van der Waals surface area contributed by atoms with Gasteiger partial charge in [0.25, 0.3) is 0 Å².